The van der Waals surface area contributed by atoms with Crippen LogP contribution in [0.15, 0.2) is 37.2 Å². The van der Waals surface area contributed by atoms with Gasteiger partial charge in [0.15, 0.2) is 11.5 Å². The predicted octanol–water partition coefficient (Wildman–Crippen LogP) is 2.43. The van der Waals surface area contributed by atoms with Crippen LogP contribution in [0.4, 0.5) is 0 Å². The lowest BCUT2D eigenvalue weighted by Crippen LogP contribution is -2.46. The van der Waals surface area contributed by atoms with Crippen LogP contribution in [-0.2, 0) is 20.0 Å². The highest BCUT2D eigenvalue weighted by Crippen LogP contribution is 2.33. The Bertz CT molecular complexity index is 747. The Morgan fingerprint density at radius 1 is 1.46 bits per heavy atom. The normalized spacial score (nSPS) is 17.5. The third-order valence-electron chi connectivity index (χ3n) is 4.69. The second kappa shape index (κ2) is 9.07. The van der Waals surface area contributed by atoms with Crippen LogP contribution in [0.5, 0.6) is 11.5 Å². The monoisotopic (exact) mass is 378 g/mol. The molecule has 1 unspecified atom stereocenters. The van der Waals surface area contributed by atoms with Crippen molar-refractivity contribution < 1.29 is 9.84 Å². The molecule has 1 fully saturated rings. The minimum atomic E-state index is 0. The van der Waals surface area contributed by atoms with E-state index in [9.17, 15) is 5.11 Å². The Morgan fingerprint density at radius 2 is 2.27 bits per heavy atom. The van der Waals surface area contributed by atoms with Crippen LogP contribution in [0.25, 0.3) is 0 Å². The van der Waals surface area contributed by atoms with E-state index in [0.717, 1.165) is 43.1 Å². The van der Waals surface area contributed by atoms with Crippen molar-refractivity contribution in [1.29, 1.82) is 0 Å². The summed E-state index contributed by atoms with van der Waals surface area (Å²) in [4.78, 5) is 6.95. The molecule has 1 aliphatic rings. The zero-order chi connectivity index (χ0) is 17.8. The Labute approximate surface area is 160 Å². The van der Waals surface area contributed by atoms with Gasteiger partial charge >= 0.3 is 0 Å². The number of rotatable bonds is 6. The highest BCUT2D eigenvalue weighted by atomic mass is 35.5. The number of allylic oxidation sites excluding steroid dienone is 1. The Hall–Kier alpha value is -2.02. The lowest BCUT2D eigenvalue weighted by molar-refractivity contribution is 0.144. The molecule has 0 spiro atoms. The van der Waals surface area contributed by atoms with Gasteiger partial charge in [-0.3, -0.25) is 4.90 Å². The third-order valence-corrected chi connectivity index (χ3v) is 4.69. The molecule has 142 valence electrons. The first-order valence-corrected chi connectivity index (χ1v) is 8.55. The van der Waals surface area contributed by atoms with Gasteiger partial charge in [0.25, 0.3) is 0 Å². The largest absolute Gasteiger partial charge is 0.504 e. The van der Waals surface area contributed by atoms with Gasteiger partial charge < -0.3 is 19.7 Å². The van der Waals surface area contributed by atoms with Gasteiger partial charge in [0.2, 0.25) is 0 Å². The number of ether oxygens (including phenoxy) is 1. The number of phenols is 1. The molecular formula is C19H27ClN4O2. The second-order valence-electron chi connectivity index (χ2n) is 6.39. The van der Waals surface area contributed by atoms with Gasteiger partial charge in [-0.25, -0.2) is 4.98 Å². The summed E-state index contributed by atoms with van der Waals surface area (Å²) in [6, 6.07) is 4.17. The number of benzene rings is 1. The van der Waals surface area contributed by atoms with Crippen molar-refractivity contribution in [1.82, 2.24) is 19.8 Å². The molecule has 0 saturated carbocycles. The van der Waals surface area contributed by atoms with Gasteiger partial charge in [-0.2, -0.15) is 0 Å². The average molecular weight is 379 g/mol. The number of hydrogen-bond acceptors (Lipinski definition) is 5. The quantitative estimate of drug-likeness (QED) is 0.756. The Morgan fingerprint density at radius 3 is 2.92 bits per heavy atom. The summed E-state index contributed by atoms with van der Waals surface area (Å²) >= 11 is 0. The topological polar surface area (TPSA) is 62.6 Å². The van der Waals surface area contributed by atoms with E-state index in [4.69, 9.17) is 4.74 Å². The van der Waals surface area contributed by atoms with Crippen LogP contribution < -0.4 is 10.1 Å². The number of aromatic nitrogens is 2. The standard InChI is InChI=1S/C19H26N4O2.ClH/c1-4-5-15-10-14(11-17(25-3)18(15)24)13-23-9-6-20-12-16(23)19-21-7-8-22(19)2;/h4,7-8,10-11,16,20,24H,1,5-6,9,12-13H2,2-3H3;1H. The van der Waals surface area contributed by atoms with Gasteiger partial charge in [0, 0.05) is 51.2 Å². The summed E-state index contributed by atoms with van der Waals surface area (Å²) in [6.45, 7) is 7.32. The summed E-state index contributed by atoms with van der Waals surface area (Å²) in [5, 5.41) is 13.7. The third kappa shape index (κ3) is 4.20. The maximum Gasteiger partial charge on any atom is 0.161 e. The van der Waals surface area contributed by atoms with E-state index in [1.807, 2.05) is 31.6 Å². The molecule has 2 heterocycles. The molecule has 1 saturated heterocycles. The predicted molar refractivity (Wildman–Crippen MR) is 105 cm³/mol. The number of aryl methyl sites for hydroxylation is 1. The molecule has 26 heavy (non-hydrogen) atoms. The van der Waals surface area contributed by atoms with Crippen LogP contribution >= 0.6 is 12.4 Å². The van der Waals surface area contributed by atoms with E-state index >= 15 is 0 Å². The van der Waals surface area contributed by atoms with E-state index in [2.05, 4.69) is 26.3 Å². The molecule has 3 rings (SSSR count). The molecule has 0 amide bonds. The molecule has 2 aromatic rings. The molecule has 1 atom stereocenters. The second-order valence-corrected chi connectivity index (χ2v) is 6.39. The van der Waals surface area contributed by atoms with E-state index in [-0.39, 0.29) is 24.2 Å². The van der Waals surface area contributed by atoms with Gasteiger partial charge in [-0.15, -0.1) is 19.0 Å². The van der Waals surface area contributed by atoms with E-state index in [0.29, 0.717) is 12.2 Å². The summed E-state index contributed by atoms with van der Waals surface area (Å²) in [7, 11) is 3.61. The number of aromatic hydroxyl groups is 1. The Kier molecular flexibility index (Phi) is 7.08. The van der Waals surface area contributed by atoms with Gasteiger partial charge in [-0.05, 0) is 18.1 Å². The van der Waals surface area contributed by atoms with E-state index in [1.165, 1.54) is 0 Å². The molecule has 7 heteroatoms. The number of piperazine rings is 1. The maximum atomic E-state index is 10.3. The number of halogens is 1. The van der Waals surface area contributed by atoms with Crippen molar-refractivity contribution in [3.05, 3.63) is 54.1 Å². The average Bonchev–Trinajstić information content (AvgIpc) is 3.04. The van der Waals surface area contributed by atoms with Crippen molar-refractivity contribution in [2.24, 2.45) is 7.05 Å². The van der Waals surface area contributed by atoms with Crippen molar-refractivity contribution in [3.63, 3.8) is 0 Å². The minimum Gasteiger partial charge on any atom is -0.504 e. The molecular weight excluding hydrogens is 352 g/mol. The molecule has 1 aromatic heterocycles. The highest BCUT2D eigenvalue weighted by Gasteiger charge is 2.27. The van der Waals surface area contributed by atoms with Crippen molar-refractivity contribution in [2.45, 2.75) is 19.0 Å². The fourth-order valence-corrected chi connectivity index (χ4v) is 3.41. The minimum absolute atomic E-state index is 0. The summed E-state index contributed by atoms with van der Waals surface area (Å²) < 4.78 is 7.42. The van der Waals surface area contributed by atoms with Crippen molar-refractivity contribution in [2.75, 3.05) is 26.7 Å². The van der Waals surface area contributed by atoms with Crippen molar-refractivity contribution in [3.8, 4) is 11.5 Å². The number of nitrogens with one attached hydrogen (secondary N) is 1. The number of imidazole rings is 1. The Balaban J connectivity index is 0.00000243. The smallest absolute Gasteiger partial charge is 0.161 e. The number of phenolic OH excluding ortho intramolecular Hbond substituents is 1. The molecule has 1 aliphatic heterocycles. The first-order valence-electron chi connectivity index (χ1n) is 8.55. The molecule has 0 bridgehead atoms. The number of nitrogens with zero attached hydrogens (tertiary/aromatic N) is 3. The van der Waals surface area contributed by atoms with Crippen molar-refractivity contribution >= 4 is 12.4 Å². The zero-order valence-electron chi connectivity index (χ0n) is 15.3. The maximum absolute atomic E-state index is 10.3. The molecule has 0 aliphatic carbocycles. The lowest BCUT2D eigenvalue weighted by Gasteiger charge is -2.35. The highest BCUT2D eigenvalue weighted by molar-refractivity contribution is 5.85. The number of methoxy groups -OCH3 is 1. The van der Waals surface area contributed by atoms with Crippen LogP contribution in [0, 0.1) is 0 Å². The van der Waals surface area contributed by atoms with Crippen LogP contribution in [0.2, 0.25) is 0 Å². The van der Waals surface area contributed by atoms with E-state index in [1.54, 1.807) is 13.2 Å². The van der Waals surface area contributed by atoms with Crippen LogP contribution in [0.3, 0.4) is 0 Å². The van der Waals surface area contributed by atoms with Gasteiger partial charge in [0.1, 0.15) is 5.82 Å². The van der Waals surface area contributed by atoms with Crippen LogP contribution in [0.1, 0.15) is 23.0 Å². The fourth-order valence-electron chi connectivity index (χ4n) is 3.41. The summed E-state index contributed by atoms with van der Waals surface area (Å²) in [6.07, 6.45) is 6.22. The van der Waals surface area contributed by atoms with Gasteiger partial charge in [0.05, 0.1) is 13.2 Å². The first kappa shape index (κ1) is 20.3. The SMILES string of the molecule is C=CCc1cc(CN2CCNCC2c2nccn2C)cc(OC)c1O.Cl. The zero-order valence-corrected chi connectivity index (χ0v) is 16.1. The molecule has 2 N–H and O–H groups in total. The van der Waals surface area contributed by atoms with E-state index < -0.39 is 0 Å². The van der Waals surface area contributed by atoms with Crippen LogP contribution in [-0.4, -0.2) is 46.3 Å². The molecule has 6 nitrogen and oxygen atoms in total. The summed E-state index contributed by atoms with van der Waals surface area (Å²) in [5.74, 6) is 1.77. The van der Waals surface area contributed by atoms with Gasteiger partial charge in [-0.1, -0.05) is 12.1 Å². The fraction of sp³-hybridized carbons (Fsp3) is 0.421. The summed E-state index contributed by atoms with van der Waals surface area (Å²) in [5.41, 5.74) is 1.96. The lowest BCUT2D eigenvalue weighted by atomic mass is 10.0. The number of hydrogen-bond donors (Lipinski definition) is 2. The first-order chi connectivity index (χ1) is 12.1. The molecule has 1 aromatic carbocycles. The molecule has 0 radical (unpaired) electrons.